The van der Waals surface area contributed by atoms with Gasteiger partial charge in [0.1, 0.15) is 5.37 Å². The molecule has 0 spiro atoms. The molecule has 3 aromatic carbocycles. The molecule has 1 unspecified atom stereocenters. The van der Waals surface area contributed by atoms with Crippen LogP contribution in [0.5, 0.6) is 0 Å². The van der Waals surface area contributed by atoms with Gasteiger partial charge in [0.25, 0.3) is 5.91 Å². The number of hydrogen-bond acceptors (Lipinski definition) is 2. The molecular weight excluding hydrogens is 398 g/mol. The van der Waals surface area contributed by atoms with Crippen molar-refractivity contribution in [1.82, 2.24) is 0 Å². The second-order valence-corrected chi connectivity index (χ2v) is 8.69. The number of anilines is 1. The van der Waals surface area contributed by atoms with E-state index < -0.39 is 0 Å². The Morgan fingerprint density at radius 1 is 0.966 bits per heavy atom. The second kappa shape index (κ2) is 8.48. The first-order valence-electron chi connectivity index (χ1n) is 9.68. The van der Waals surface area contributed by atoms with Gasteiger partial charge in [-0.1, -0.05) is 84.4 Å². The monoisotopic (exact) mass is 419 g/mol. The van der Waals surface area contributed by atoms with Gasteiger partial charge < -0.3 is 0 Å². The normalized spacial score (nSPS) is 17.9. The zero-order chi connectivity index (χ0) is 20.4. The van der Waals surface area contributed by atoms with Crippen molar-refractivity contribution >= 4 is 41.0 Å². The fourth-order valence-corrected chi connectivity index (χ4v) is 4.73. The van der Waals surface area contributed by atoms with Crippen LogP contribution in [0.25, 0.3) is 6.08 Å². The lowest BCUT2D eigenvalue weighted by molar-refractivity contribution is -0.114. The molecule has 1 saturated heterocycles. The van der Waals surface area contributed by atoms with Gasteiger partial charge in [-0.2, -0.15) is 0 Å². The minimum Gasteiger partial charge on any atom is -0.291 e. The van der Waals surface area contributed by atoms with Gasteiger partial charge >= 0.3 is 0 Å². The molecule has 2 nitrogen and oxygen atoms in total. The van der Waals surface area contributed by atoms with Crippen molar-refractivity contribution in [3.05, 3.63) is 105 Å². The van der Waals surface area contributed by atoms with Gasteiger partial charge in [0, 0.05) is 10.7 Å². The maximum Gasteiger partial charge on any atom is 0.266 e. The Bertz CT molecular complexity index is 1040. The maximum atomic E-state index is 13.4. The Hall–Kier alpha value is -2.49. The topological polar surface area (TPSA) is 20.3 Å². The van der Waals surface area contributed by atoms with E-state index in [0.717, 1.165) is 28.1 Å². The average Bonchev–Trinajstić information content (AvgIpc) is 3.06. The van der Waals surface area contributed by atoms with Crippen LogP contribution in [0, 0.1) is 6.92 Å². The molecule has 3 aromatic rings. The molecule has 0 radical (unpaired) electrons. The van der Waals surface area contributed by atoms with Crippen molar-refractivity contribution < 1.29 is 4.79 Å². The predicted octanol–water partition coefficient (Wildman–Crippen LogP) is 7.03. The molecule has 29 heavy (non-hydrogen) atoms. The molecular formula is C25H22ClNOS. The molecule has 1 atom stereocenters. The van der Waals surface area contributed by atoms with Crippen LogP contribution >= 0.6 is 23.4 Å². The lowest BCUT2D eigenvalue weighted by Crippen LogP contribution is -2.27. The smallest absolute Gasteiger partial charge is 0.266 e. The molecule has 0 N–H and O–H groups in total. The number of benzene rings is 3. The summed E-state index contributed by atoms with van der Waals surface area (Å²) in [6, 6.07) is 24.2. The molecule has 4 heteroatoms. The van der Waals surface area contributed by atoms with Gasteiger partial charge in [-0.05, 0) is 60.4 Å². The average molecular weight is 420 g/mol. The van der Waals surface area contributed by atoms with Crippen molar-refractivity contribution in [1.29, 1.82) is 0 Å². The Morgan fingerprint density at radius 3 is 2.24 bits per heavy atom. The van der Waals surface area contributed by atoms with E-state index in [1.165, 1.54) is 11.1 Å². The van der Waals surface area contributed by atoms with E-state index in [4.69, 9.17) is 11.6 Å². The van der Waals surface area contributed by atoms with E-state index in [0.29, 0.717) is 5.02 Å². The third kappa shape index (κ3) is 4.26. The number of nitrogens with zero attached hydrogens (tertiary/aromatic N) is 1. The number of halogens is 1. The molecule has 1 heterocycles. The Kier molecular flexibility index (Phi) is 5.79. The maximum absolute atomic E-state index is 13.4. The molecule has 1 aliphatic heterocycles. The zero-order valence-corrected chi connectivity index (χ0v) is 18.0. The van der Waals surface area contributed by atoms with Gasteiger partial charge in [-0.25, -0.2) is 0 Å². The van der Waals surface area contributed by atoms with Crippen LogP contribution in [-0.2, 0) is 11.2 Å². The largest absolute Gasteiger partial charge is 0.291 e. The first-order chi connectivity index (χ1) is 14.0. The van der Waals surface area contributed by atoms with Crippen LogP contribution in [0.15, 0.2) is 77.7 Å². The van der Waals surface area contributed by atoms with Crippen molar-refractivity contribution in [2.75, 3.05) is 4.90 Å². The lowest BCUT2D eigenvalue weighted by atomic mass is 10.1. The number of carbonyl (C=O) groups excluding carboxylic acids is 1. The minimum atomic E-state index is -0.122. The fourth-order valence-electron chi connectivity index (χ4n) is 3.35. The van der Waals surface area contributed by atoms with Crippen molar-refractivity contribution in [2.45, 2.75) is 25.6 Å². The van der Waals surface area contributed by atoms with Crippen molar-refractivity contribution in [3.8, 4) is 0 Å². The third-order valence-electron chi connectivity index (χ3n) is 5.06. The third-order valence-corrected chi connectivity index (χ3v) is 6.56. The van der Waals surface area contributed by atoms with Crippen LogP contribution in [0.3, 0.4) is 0 Å². The first kappa shape index (κ1) is 19.8. The number of amides is 1. The van der Waals surface area contributed by atoms with Gasteiger partial charge in [-0.3, -0.25) is 9.69 Å². The predicted molar refractivity (Wildman–Crippen MR) is 124 cm³/mol. The Balaban J connectivity index is 1.73. The van der Waals surface area contributed by atoms with E-state index in [2.05, 4.69) is 31.2 Å². The quantitative estimate of drug-likeness (QED) is 0.423. The number of hydrogen-bond donors (Lipinski definition) is 0. The summed E-state index contributed by atoms with van der Waals surface area (Å²) in [6.45, 7) is 4.19. The van der Waals surface area contributed by atoms with Gasteiger partial charge in [-0.15, -0.1) is 0 Å². The highest BCUT2D eigenvalue weighted by Gasteiger charge is 2.38. The van der Waals surface area contributed by atoms with E-state index in [-0.39, 0.29) is 11.3 Å². The Morgan fingerprint density at radius 2 is 1.62 bits per heavy atom. The standard InChI is InChI=1S/C25H22ClNOS/c1-3-18-6-8-19(9-7-18)16-23-24(28)27(22-14-4-17(2)5-15-22)25(29-23)20-10-12-21(26)13-11-20/h4-16,25H,3H2,1-2H3. The summed E-state index contributed by atoms with van der Waals surface area (Å²) in [5.74, 6) is 0.0263. The van der Waals surface area contributed by atoms with Crippen LogP contribution in [0.1, 0.15) is 34.6 Å². The highest BCUT2D eigenvalue weighted by Crippen LogP contribution is 2.48. The lowest BCUT2D eigenvalue weighted by Gasteiger charge is -2.24. The van der Waals surface area contributed by atoms with E-state index >= 15 is 0 Å². The number of aryl methyl sites for hydroxylation is 2. The second-order valence-electron chi connectivity index (χ2n) is 7.14. The molecule has 0 aromatic heterocycles. The highest BCUT2D eigenvalue weighted by atomic mass is 35.5. The van der Waals surface area contributed by atoms with Crippen molar-refractivity contribution in [3.63, 3.8) is 0 Å². The van der Waals surface area contributed by atoms with Crippen LogP contribution in [0.4, 0.5) is 5.69 Å². The summed E-state index contributed by atoms with van der Waals surface area (Å²) < 4.78 is 0. The van der Waals surface area contributed by atoms with Gasteiger partial charge in [0.05, 0.1) is 4.91 Å². The summed E-state index contributed by atoms with van der Waals surface area (Å²) in [5.41, 5.74) is 5.45. The fraction of sp³-hybridized carbons (Fsp3) is 0.160. The number of thioether (sulfide) groups is 1. The SMILES string of the molecule is CCc1ccc(C=C2SC(c3ccc(Cl)cc3)N(c3ccc(C)cc3)C2=O)cc1. The molecule has 0 aliphatic carbocycles. The summed E-state index contributed by atoms with van der Waals surface area (Å²) in [5, 5.41) is 0.570. The van der Waals surface area contributed by atoms with E-state index in [9.17, 15) is 4.79 Å². The van der Waals surface area contributed by atoms with Gasteiger partial charge in [0.2, 0.25) is 0 Å². The van der Waals surface area contributed by atoms with Crippen LogP contribution in [0.2, 0.25) is 5.02 Å². The van der Waals surface area contributed by atoms with Crippen LogP contribution in [-0.4, -0.2) is 5.91 Å². The zero-order valence-electron chi connectivity index (χ0n) is 16.4. The summed E-state index contributed by atoms with van der Waals surface area (Å²) >= 11 is 7.66. The van der Waals surface area contributed by atoms with Gasteiger partial charge in [0.15, 0.2) is 0 Å². The molecule has 1 amide bonds. The molecule has 146 valence electrons. The molecule has 0 bridgehead atoms. The summed E-state index contributed by atoms with van der Waals surface area (Å²) in [4.78, 5) is 16.0. The molecule has 1 aliphatic rings. The molecule has 0 saturated carbocycles. The molecule has 4 rings (SSSR count). The van der Waals surface area contributed by atoms with Crippen molar-refractivity contribution in [2.24, 2.45) is 0 Å². The van der Waals surface area contributed by atoms with E-state index in [1.54, 1.807) is 11.8 Å². The van der Waals surface area contributed by atoms with E-state index in [1.807, 2.05) is 66.4 Å². The highest BCUT2D eigenvalue weighted by molar-refractivity contribution is 8.05. The first-order valence-corrected chi connectivity index (χ1v) is 10.9. The Labute approximate surface area is 181 Å². The van der Waals surface area contributed by atoms with Crippen LogP contribution < -0.4 is 4.90 Å². The summed E-state index contributed by atoms with van der Waals surface area (Å²) in [7, 11) is 0. The molecule has 1 fully saturated rings. The number of rotatable bonds is 4. The number of carbonyl (C=O) groups is 1. The minimum absolute atomic E-state index is 0.0263. The summed E-state index contributed by atoms with van der Waals surface area (Å²) in [6.07, 6.45) is 2.99.